The van der Waals surface area contributed by atoms with Crippen molar-refractivity contribution >= 4 is 39.1 Å². The van der Waals surface area contributed by atoms with Crippen molar-refractivity contribution in [2.45, 2.75) is 19.4 Å². The molecule has 0 N–H and O–H groups in total. The number of morpholine rings is 1. The van der Waals surface area contributed by atoms with E-state index < -0.39 is 0 Å². The van der Waals surface area contributed by atoms with E-state index in [2.05, 4.69) is 37.7 Å². The molecule has 0 spiro atoms. The Morgan fingerprint density at radius 1 is 1.39 bits per heavy atom. The first-order valence-electron chi connectivity index (χ1n) is 5.84. The molecule has 2 rings (SSSR count). The zero-order valence-corrected chi connectivity index (χ0v) is 13.1. The molecule has 18 heavy (non-hydrogen) atoms. The maximum absolute atomic E-state index is 5.98. The number of rotatable bonds is 3. The van der Waals surface area contributed by atoms with Crippen LogP contribution >= 0.6 is 39.1 Å². The molecule has 0 amide bonds. The largest absolute Gasteiger partial charge is 0.368 e. The van der Waals surface area contributed by atoms with Gasteiger partial charge < -0.3 is 4.74 Å². The van der Waals surface area contributed by atoms with E-state index in [9.17, 15) is 0 Å². The van der Waals surface area contributed by atoms with Crippen LogP contribution in [0, 0.1) is 0 Å². The van der Waals surface area contributed by atoms with E-state index in [0.29, 0.717) is 27.2 Å². The van der Waals surface area contributed by atoms with Gasteiger partial charge in [0.05, 0.1) is 11.1 Å². The minimum atomic E-state index is -0.159. The fourth-order valence-electron chi connectivity index (χ4n) is 1.93. The Hall–Kier alpha value is 0.0600. The highest BCUT2D eigenvalue weighted by Crippen LogP contribution is 2.30. The Bertz CT molecular complexity index is 408. The third kappa shape index (κ3) is 3.33. The summed E-state index contributed by atoms with van der Waals surface area (Å²) in [5.41, 5.74) is 0. The molecule has 1 fully saturated rings. The second-order valence-corrected chi connectivity index (χ2v) is 5.65. The van der Waals surface area contributed by atoms with Crippen LogP contribution in [0.15, 0.2) is 4.47 Å². The molecule has 2 heterocycles. The molecule has 1 aliphatic heterocycles. The first-order chi connectivity index (χ1) is 8.61. The smallest absolute Gasteiger partial charge is 0.161 e. The van der Waals surface area contributed by atoms with Crippen molar-refractivity contribution in [1.82, 2.24) is 14.9 Å². The monoisotopic (exact) mass is 353 g/mol. The van der Waals surface area contributed by atoms with Crippen LogP contribution in [0.25, 0.3) is 0 Å². The highest BCUT2D eigenvalue weighted by molar-refractivity contribution is 9.10. The van der Waals surface area contributed by atoms with Crippen LogP contribution in [0.3, 0.4) is 0 Å². The number of hydrogen-bond donors (Lipinski definition) is 0. The molecule has 0 bridgehead atoms. The van der Waals surface area contributed by atoms with Crippen LogP contribution in [0.1, 0.15) is 25.3 Å². The normalized spacial score (nSPS) is 21.2. The van der Waals surface area contributed by atoms with Gasteiger partial charge in [-0.1, -0.05) is 30.1 Å². The van der Waals surface area contributed by atoms with Crippen molar-refractivity contribution in [3.63, 3.8) is 0 Å². The average Bonchev–Trinajstić information content (AvgIpc) is 2.36. The number of aromatic nitrogens is 2. The van der Waals surface area contributed by atoms with Gasteiger partial charge >= 0.3 is 0 Å². The molecular weight excluding hydrogens is 341 g/mol. The molecule has 1 aliphatic rings. The van der Waals surface area contributed by atoms with E-state index in [1.54, 1.807) is 0 Å². The third-order valence-electron chi connectivity index (χ3n) is 2.77. The molecule has 1 saturated heterocycles. The number of hydrogen-bond acceptors (Lipinski definition) is 4. The van der Waals surface area contributed by atoms with Crippen LogP contribution in [-0.2, 0) is 4.74 Å². The Morgan fingerprint density at radius 2 is 2.06 bits per heavy atom. The molecule has 100 valence electrons. The van der Waals surface area contributed by atoms with Gasteiger partial charge in [-0.2, -0.15) is 0 Å². The summed E-state index contributed by atoms with van der Waals surface area (Å²) >= 11 is 15.2. The maximum atomic E-state index is 5.98. The third-order valence-corrected chi connectivity index (χ3v) is 4.52. The summed E-state index contributed by atoms with van der Waals surface area (Å²) in [5, 5.41) is 0.641. The summed E-state index contributed by atoms with van der Waals surface area (Å²) in [6.45, 7) is 5.62. The fraction of sp³-hybridized carbons (Fsp3) is 0.636. The summed E-state index contributed by atoms with van der Waals surface area (Å²) in [7, 11) is 0. The lowest BCUT2D eigenvalue weighted by atomic mass is 10.2. The van der Waals surface area contributed by atoms with Crippen molar-refractivity contribution in [2.24, 2.45) is 0 Å². The van der Waals surface area contributed by atoms with Crippen LogP contribution in [0.5, 0.6) is 0 Å². The van der Waals surface area contributed by atoms with E-state index in [1.165, 1.54) is 0 Å². The van der Waals surface area contributed by atoms with Gasteiger partial charge in [-0.15, -0.1) is 0 Å². The molecule has 0 radical (unpaired) electrons. The first-order valence-corrected chi connectivity index (χ1v) is 7.39. The second kappa shape index (κ2) is 6.48. The highest BCUT2D eigenvalue weighted by Gasteiger charge is 2.25. The van der Waals surface area contributed by atoms with E-state index in [-0.39, 0.29) is 6.10 Å². The standard InChI is InChI=1S/C11H14BrCl2N3O/c1-2-3-17-4-5-18-7(6-17)11-15-9(13)8(12)10(14)16-11/h7H,2-6H2,1H3. The number of nitrogens with zero attached hydrogens (tertiary/aromatic N) is 3. The van der Waals surface area contributed by atoms with Gasteiger partial charge in [-0.3, -0.25) is 4.90 Å². The maximum Gasteiger partial charge on any atom is 0.161 e. The molecule has 0 aromatic carbocycles. The Balaban J connectivity index is 2.15. The topological polar surface area (TPSA) is 38.2 Å². The molecule has 1 unspecified atom stereocenters. The van der Waals surface area contributed by atoms with E-state index >= 15 is 0 Å². The zero-order valence-electron chi connectivity index (χ0n) is 10.00. The summed E-state index contributed by atoms with van der Waals surface area (Å²) in [5.74, 6) is 0.550. The highest BCUT2D eigenvalue weighted by atomic mass is 79.9. The lowest BCUT2D eigenvalue weighted by Gasteiger charge is -2.31. The van der Waals surface area contributed by atoms with Crippen molar-refractivity contribution in [1.29, 1.82) is 0 Å². The molecule has 1 aromatic heterocycles. The lowest BCUT2D eigenvalue weighted by molar-refractivity contribution is -0.0342. The van der Waals surface area contributed by atoms with Gasteiger partial charge in [0.2, 0.25) is 0 Å². The quantitative estimate of drug-likeness (QED) is 0.780. The van der Waals surface area contributed by atoms with Gasteiger partial charge in [-0.05, 0) is 28.9 Å². The molecule has 4 nitrogen and oxygen atoms in total. The summed E-state index contributed by atoms with van der Waals surface area (Å²) in [6.07, 6.45) is 0.962. The fourth-order valence-corrected chi connectivity index (χ4v) is 2.51. The zero-order chi connectivity index (χ0) is 13.1. The van der Waals surface area contributed by atoms with E-state index in [1.807, 2.05) is 0 Å². The van der Waals surface area contributed by atoms with Crippen molar-refractivity contribution in [2.75, 3.05) is 26.2 Å². The van der Waals surface area contributed by atoms with Crippen LogP contribution < -0.4 is 0 Å². The molecule has 0 aliphatic carbocycles. The molecular formula is C11H14BrCl2N3O. The van der Waals surface area contributed by atoms with Gasteiger partial charge in [-0.25, -0.2) is 9.97 Å². The van der Waals surface area contributed by atoms with Crippen molar-refractivity contribution < 1.29 is 4.74 Å². The predicted octanol–water partition coefficient (Wildman–Crippen LogP) is 3.33. The SMILES string of the molecule is CCCN1CCOC(c2nc(Cl)c(Br)c(Cl)n2)C1. The summed E-state index contributed by atoms with van der Waals surface area (Å²) in [4.78, 5) is 10.8. The van der Waals surface area contributed by atoms with Gasteiger partial charge in [0, 0.05) is 13.1 Å². The number of halogens is 3. The van der Waals surface area contributed by atoms with Crippen LogP contribution in [0.2, 0.25) is 10.3 Å². The van der Waals surface area contributed by atoms with Crippen LogP contribution in [-0.4, -0.2) is 41.1 Å². The minimum absolute atomic E-state index is 0.159. The summed E-state index contributed by atoms with van der Waals surface area (Å²) in [6, 6.07) is 0. The minimum Gasteiger partial charge on any atom is -0.368 e. The Labute approximate surface area is 125 Å². The summed E-state index contributed by atoms with van der Waals surface area (Å²) < 4.78 is 6.22. The molecule has 0 saturated carbocycles. The van der Waals surface area contributed by atoms with Gasteiger partial charge in [0.15, 0.2) is 5.82 Å². The van der Waals surface area contributed by atoms with Crippen molar-refractivity contribution in [3.8, 4) is 0 Å². The molecule has 1 atom stereocenters. The Morgan fingerprint density at radius 3 is 2.67 bits per heavy atom. The van der Waals surface area contributed by atoms with Crippen LogP contribution in [0.4, 0.5) is 0 Å². The first kappa shape index (κ1) is 14.5. The predicted molar refractivity (Wildman–Crippen MR) is 75.2 cm³/mol. The van der Waals surface area contributed by atoms with Crippen molar-refractivity contribution in [3.05, 3.63) is 20.6 Å². The van der Waals surface area contributed by atoms with E-state index in [4.69, 9.17) is 27.9 Å². The molecule has 1 aromatic rings. The lowest BCUT2D eigenvalue weighted by Crippen LogP contribution is -2.39. The van der Waals surface area contributed by atoms with Gasteiger partial charge in [0.25, 0.3) is 0 Å². The molecule has 7 heteroatoms. The number of ether oxygens (including phenoxy) is 1. The van der Waals surface area contributed by atoms with E-state index in [0.717, 1.165) is 26.1 Å². The average molecular weight is 355 g/mol. The van der Waals surface area contributed by atoms with Gasteiger partial charge in [0.1, 0.15) is 16.4 Å². The second-order valence-electron chi connectivity index (χ2n) is 4.14. The Kier molecular flexibility index (Phi) is 5.21.